The SMILES string of the molecule is O=C(O)[C@]1(CC2CC2)CN(Cc2cc3ccccc3o2)CC[C@H]1O. The number of para-hydroxylation sites is 1. The van der Waals surface area contributed by atoms with Gasteiger partial charge in [-0.05, 0) is 30.9 Å². The molecule has 1 saturated carbocycles. The van der Waals surface area contributed by atoms with E-state index in [4.69, 9.17) is 4.42 Å². The zero-order chi connectivity index (χ0) is 16.7. The molecule has 2 heterocycles. The number of furan rings is 1. The molecule has 0 radical (unpaired) electrons. The van der Waals surface area contributed by atoms with E-state index in [-0.39, 0.29) is 0 Å². The van der Waals surface area contributed by atoms with E-state index in [0.29, 0.717) is 38.4 Å². The lowest BCUT2D eigenvalue weighted by molar-refractivity contribution is -0.165. The van der Waals surface area contributed by atoms with Crippen molar-refractivity contribution >= 4 is 16.9 Å². The van der Waals surface area contributed by atoms with E-state index in [1.807, 2.05) is 30.3 Å². The van der Waals surface area contributed by atoms with Gasteiger partial charge in [0.2, 0.25) is 0 Å². The van der Waals surface area contributed by atoms with E-state index in [1.165, 1.54) is 0 Å². The molecule has 2 aromatic rings. The quantitative estimate of drug-likeness (QED) is 0.882. The summed E-state index contributed by atoms with van der Waals surface area (Å²) in [7, 11) is 0. The lowest BCUT2D eigenvalue weighted by Crippen LogP contribution is -2.55. The first-order valence-electron chi connectivity index (χ1n) is 8.68. The van der Waals surface area contributed by atoms with E-state index in [2.05, 4.69) is 4.90 Å². The second kappa shape index (κ2) is 5.90. The van der Waals surface area contributed by atoms with Gasteiger partial charge in [0.1, 0.15) is 16.8 Å². The molecule has 2 atom stereocenters. The van der Waals surface area contributed by atoms with Crippen molar-refractivity contribution < 1.29 is 19.4 Å². The minimum Gasteiger partial charge on any atom is -0.481 e. The van der Waals surface area contributed by atoms with Crippen LogP contribution in [0.3, 0.4) is 0 Å². The first kappa shape index (κ1) is 15.7. The minimum absolute atomic E-state index is 0.386. The van der Waals surface area contributed by atoms with Crippen LogP contribution in [0.25, 0.3) is 11.0 Å². The Hall–Kier alpha value is -1.85. The molecule has 0 bridgehead atoms. The van der Waals surface area contributed by atoms with Crippen LogP contribution in [0.1, 0.15) is 31.4 Å². The van der Waals surface area contributed by atoms with Crippen molar-refractivity contribution in [3.05, 3.63) is 36.1 Å². The normalized spacial score (nSPS) is 28.3. The molecule has 5 heteroatoms. The van der Waals surface area contributed by atoms with Crippen molar-refractivity contribution in [2.24, 2.45) is 11.3 Å². The number of hydrogen-bond donors (Lipinski definition) is 2. The third-order valence-corrected chi connectivity index (χ3v) is 5.49. The topological polar surface area (TPSA) is 73.9 Å². The molecule has 2 aliphatic rings. The molecular weight excluding hydrogens is 306 g/mol. The number of carboxylic acid groups (broad SMARTS) is 1. The van der Waals surface area contributed by atoms with Gasteiger partial charge in [-0.15, -0.1) is 0 Å². The standard InChI is InChI=1S/C19H23NO4/c21-17-7-8-20(12-19(17,18(22)23)10-13-5-6-13)11-15-9-14-3-1-2-4-16(14)24-15/h1-4,9,13,17,21H,5-8,10-12H2,(H,22,23)/t17-,19-/m1/s1. The van der Waals surface area contributed by atoms with Gasteiger partial charge in [-0.1, -0.05) is 31.0 Å². The molecule has 1 aromatic carbocycles. The molecular formula is C19H23NO4. The Morgan fingerprint density at radius 1 is 1.29 bits per heavy atom. The molecule has 0 unspecified atom stereocenters. The van der Waals surface area contributed by atoms with Crippen LogP contribution in [0.15, 0.2) is 34.7 Å². The number of nitrogens with zero attached hydrogens (tertiary/aromatic N) is 1. The molecule has 4 rings (SSSR count). The molecule has 0 amide bonds. The van der Waals surface area contributed by atoms with Crippen LogP contribution < -0.4 is 0 Å². The van der Waals surface area contributed by atoms with E-state index in [1.54, 1.807) is 0 Å². The number of aliphatic hydroxyl groups is 1. The molecule has 5 nitrogen and oxygen atoms in total. The van der Waals surface area contributed by atoms with Crippen LogP contribution >= 0.6 is 0 Å². The van der Waals surface area contributed by atoms with Crippen molar-refractivity contribution in [3.8, 4) is 0 Å². The predicted octanol–water partition coefficient (Wildman–Crippen LogP) is 2.87. The maximum absolute atomic E-state index is 12.0. The van der Waals surface area contributed by atoms with Crippen molar-refractivity contribution in [1.82, 2.24) is 4.90 Å². The molecule has 24 heavy (non-hydrogen) atoms. The van der Waals surface area contributed by atoms with E-state index >= 15 is 0 Å². The van der Waals surface area contributed by atoms with Crippen LogP contribution in [0.2, 0.25) is 0 Å². The van der Waals surface area contributed by atoms with Crippen LogP contribution in [0.4, 0.5) is 0 Å². The van der Waals surface area contributed by atoms with Crippen LogP contribution in [0.5, 0.6) is 0 Å². The molecule has 1 saturated heterocycles. The van der Waals surface area contributed by atoms with Gasteiger partial charge in [0.25, 0.3) is 0 Å². The number of likely N-dealkylation sites (tertiary alicyclic amines) is 1. The number of fused-ring (bicyclic) bond motifs is 1. The highest BCUT2D eigenvalue weighted by Crippen LogP contribution is 2.45. The summed E-state index contributed by atoms with van der Waals surface area (Å²) < 4.78 is 5.87. The second-order valence-electron chi connectivity index (χ2n) is 7.37. The number of aliphatic hydroxyl groups excluding tert-OH is 1. The highest BCUT2D eigenvalue weighted by atomic mass is 16.4. The van der Waals surface area contributed by atoms with Gasteiger partial charge in [0.15, 0.2) is 0 Å². The zero-order valence-corrected chi connectivity index (χ0v) is 13.6. The molecule has 2 fully saturated rings. The fraction of sp³-hybridized carbons (Fsp3) is 0.526. The summed E-state index contributed by atoms with van der Waals surface area (Å²) >= 11 is 0. The summed E-state index contributed by atoms with van der Waals surface area (Å²) in [6.07, 6.45) is 2.50. The van der Waals surface area contributed by atoms with Gasteiger partial charge < -0.3 is 14.6 Å². The van der Waals surface area contributed by atoms with E-state index < -0.39 is 17.5 Å². The number of carbonyl (C=O) groups is 1. The zero-order valence-electron chi connectivity index (χ0n) is 13.6. The fourth-order valence-corrected chi connectivity index (χ4v) is 3.97. The molecule has 1 aliphatic carbocycles. The van der Waals surface area contributed by atoms with Gasteiger partial charge in [-0.2, -0.15) is 0 Å². The van der Waals surface area contributed by atoms with Crippen LogP contribution in [-0.4, -0.2) is 40.3 Å². The van der Waals surface area contributed by atoms with E-state index in [9.17, 15) is 15.0 Å². The Balaban J connectivity index is 1.53. The summed E-state index contributed by atoms with van der Waals surface area (Å²) in [6.45, 7) is 1.66. The first-order valence-corrected chi connectivity index (χ1v) is 8.68. The molecule has 1 aromatic heterocycles. The average Bonchev–Trinajstić information content (AvgIpc) is 3.27. The Morgan fingerprint density at radius 3 is 2.79 bits per heavy atom. The highest BCUT2D eigenvalue weighted by molar-refractivity contribution is 5.78. The largest absolute Gasteiger partial charge is 0.481 e. The summed E-state index contributed by atoms with van der Waals surface area (Å²) in [5.74, 6) is 0.441. The Kier molecular flexibility index (Phi) is 3.85. The number of piperidine rings is 1. The summed E-state index contributed by atoms with van der Waals surface area (Å²) in [4.78, 5) is 14.1. The number of aliphatic carboxylic acids is 1. The first-order chi connectivity index (χ1) is 11.6. The maximum atomic E-state index is 12.0. The molecule has 0 spiro atoms. The third-order valence-electron chi connectivity index (χ3n) is 5.49. The fourth-order valence-electron chi connectivity index (χ4n) is 3.97. The third kappa shape index (κ3) is 2.82. The molecule has 2 N–H and O–H groups in total. The van der Waals surface area contributed by atoms with Gasteiger partial charge in [-0.3, -0.25) is 9.69 Å². The van der Waals surface area contributed by atoms with Crippen molar-refractivity contribution in [1.29, 1.82) is 0 Å². The lowest BCUT2D eigenvalue weighted by atomic mass is 9.73. The molecule has 128 valence electrons. The smallest absolute Gasteiger partial charge is 0.313 e. The van der Waals surface area contributed by atoms with Crippen molar-refractivity contribution in [3.63, 3.8) is 0 Å². The second-order valence-corrected chi connectivity index (χ2v) is 7.37. The van der Waals surface area contributed by atoms with Crippen molar-refractivity contribution in [2.75, 3.05) is 13.1 Å². The van der Waals surface area contributed by atoms with Crippen LogP contribution in [0, 0.1) is 11.3 Å². The summed E-state index contributed by atoms with van der Waals surface area (Å²) in [5, 5.41) is 21.3. The van der Waals surface area contributed by atoms with Gasteiger partial charge in [-0.25, -0.2) is 0 Å². The van der Waals surface area contributed by atoms with Gasteiger partial charge in [0.05, 0.1) is 12.6 Å². The van der Waals surface area contributed by atoms with Gasteiger partial charge >= 0.3 is 5.97 Å². The Morgan fingerprint density at radius 2 is 2.08 bits per heavy atom. The average molecular weight is 329 g/mol. The minimum atomic E-state index is -1.04. The summed E-state index contributed by atoms with van der Waals surface area (Å²) in [5.41, 5.74) is -0.183. The predicted molar refractivity (Wildman–Crippen MR) is 89.5 cm³/mol. The van der Waals surface area contributed by atoms with Gasteiger partial charge in [0, 0.05) is 18.5 Å². The number of carboxylic acids is 1. The lowest BCUT2D eigenvalue weighted by Gasteiger charge is -2.43. The highest BCUT2D eigenvalue weighted by Gasteiger charge is 2.51. The monoisotopic (exact) mass is 329 g/mol. The number of hydrogen-bond acceptors (Lipinski definition) is 4. The molecule has 1 aliphatic heterocycles. The van der Waals surface area contributed by atoms with Crippen LogP contribution in [-0.2, 0) is 11.3 Å². The summed E-state index contributed by atoms with van der Waals surface area (Å²) in [6, 6.07) is 9.88. The number of benzene rings is 1. The van der Waals surface area contributed by atoms with E-state index in [0.717, 1.165) is 29.6 Å². The maximum Gasteiger partial charge on any atom is 0.313 e. The number of rotatable bonds is 5. The Bertz CT molecular complexity index is 718. The Labute approximate surface area is 140 Å². The van der Waals surface area contributed by atoms with Crippen molar-refractivity contribution in [2.45, 2.75) is 38.3 Å².